The third-order valence-corrected chi connectivity index (χ3v) is 4.88. The summed E-state index contributed by atoms with van der Waals surface area (Å²) in [6.07, 6.45) is 3.48. The fourth-order valence-electron chi connectivity index (χ4n) is 3.43. The zero-order chi connectivity index (χ0) is 17.9. The van der Waals surface area contributed by atoms with Gasteiger partial charge in [0.1, 0.15) is 5.75 Å². The number of anilines is 1. The number of fused-ring (bicyclic) bond motifs is 1. The molecule has 0 bridgehead atoms. The minimum atomic E-state index is 0.0552. The maximum atomic E-state index is 13.0. The van der Waals surface area contributed by atoms with E-state index in [2.05, 4.69) is 16.0 Å². The van der Waals surface area contributed by atoms with Gasteiger partial charge in [-0.3, -0.25) is 9.78 Å². The molecule has 5 nitrogen and oxygen atoms in total. The van der Waals surface area contributed by atoms with E-state index in [4.69, 9.17) is 4.74 Å². The Labute approximate surface area is 152 Å². The molecular weight excluding hydrogens is 326 g/mol. The predicted molar refractivity (Wildman–Crippen MR) is 103 cm³/mol. The Bertz CT molecular complexity index is 928. The van der Waals surface area contributed by atoms with Gasteiger partial charge in [0.05, 0.1) is 12.7 Å². The summed E-state index contributed by atoms with van der Waals surface area (Å²) in [7, 11) is 1.67. The van der Waals surface area contributed by atoms with E-state index in [1.54, 1.807) is 19.5 Å². The highest BCUT2D eigenvalue weighted by Crippen LogP contribution is 2.23. The van der Waals surface area contributed by atoms with Crippen molar-refractivity contribution in [3.05, 3.63) is 66.5 Å². The lowest BCUT2D eigenvalue weighted by atomic mass is 10.1. The van der Waals surface area contributed by atoms with Crippen LogP contribution in [0.4, 0.5) is 5.69 Å². The fourth-order valence-corrected chi connectivity index (χ4v) is 3.43. The number of pyridine rings is 1. The Morgan fingerprint density at radius 1 is 1.00 bits per heavy atom. The quantitative estimate of drug-likeness (QED) is 0.730. The molecule has 0 N–H and O–H groups in total. The van der Waals surface area contributed by atoms with Crippen molar-refractivity contribution >= 4 is 22.4 Å². The first-order valence-electron chi connectivity index (χ1n) is 8.77. The lowest BCUT2D eigenvalue weighted by Gasteiger charge is -2.36. The first kappa shape index (κ1) is 16.4. The number of benzene rings is 2. The Morgan fingerprint density at radius 3 is 2.62 bits per heavy atom. The average Bonchev–Trinajstić information content (AvgIpc) is 2.73. The molecule has 5 heteroatoms. The van der Waals surface area contributed by atoms with Crippen molar-refractivity contribution in [2.75, 3.05) is 38.2 Å². The van der Waals surface area contributed by atoms with Crippen LogP contribution < -0.4 is 9.64 Å². The maximum Gasteiger partial charge on any atom is 0.256 e. The topological polar surface area (TPSA) is 45.7 Å². The van der Waals surface area contributed by atoms with Crippen LogP contribution in [0.3, 0.4) is 0 Å². The Hall–Kier alpha value is -3.08. The minimum absolute atomic E-state index is 0.0552. The van der Waals surface area contributed by atoms with Gasteiger partial charge < -0.3 is 14.5 Å². The summed E-state index contributed by atoms with van der Waals surface area (Å²) in [5, 5.41) is 1.95. The van der Waals surface area contributed by atoms with Gasteiger partial charge >= 0.3 is 0 Å². The number of carbonyl (C=O) groups excluding carboxylic acids is 1. The van der Waals surface area contributed by atoms with E-state index in [1.165, 1.54) is 0 Å². The van der Waals surface area contributed by atoms with Crippen LogP contribution in [0.5, 0.6) is 5.75 Å². The summed E-state index contributed by atoms with van der Waals surface area (Å²) in [5.74, 6) is 0.905. The van der Waals surface area contributed by atoms with Crippen molar-refractivity contribution in [1.29, 1.82) is 0 Å². The van der Waals surface area contributed by atoms with Gasteiger partial charge in [-0.2, -0.15) is 0 Å². The summed E-state index contributed by atoms with van der Waals surface area (Å²) < 4.78 is 5.31. The molecule has 2 aromatic carbocycles. The second-order valence-corrected chi connectivity index (χ2v) is 6.39. The molecule has 1 saturated heterocycles. The monoisotopic (exact) mass is 347 g/mol. The van der Waals surface area contributed by atoms with Gasteiger partial charge in [-0.1, -0.05) is 30.3 Å². The van der Waals surface area contributed by atoms with Crippen molar-refractivity contribution < 1.29 is 9.53 Å². The van der Waals surface area contributed by atoms with Gasteiger partial charge in [0, 0.05) is 55.7 Å². The van der Waals surface area contributed by atoms with Crippen LogP contribution in [0.2, 0.25) is 0 Å². The van der Waals surface area contributed by atoms with Crippen LogP contribution in [-0.2, 0) is 0 Å². The number of piperazine rings is 1. The molecule has 0 atom stereocenters. The third-order valence-electron chi connectivity index (χ3n) is 4.88. The molecule has 1 amide bonds. The van der Waals surface area contributed by atoms with E-state index in [9.17, 15) is 4.79 Å². The van der Waals surface area contributed by atoms with Crippen LogP contribution in [0.25, 0.3) is 10.8 Å². The smallest absolute Gasteiger partial charge is 0.256 e. The summed E-state index contributed by atoms with van der Waals surface area (Å²) >= 11 is 0. The number of hydrogen-bond acceptors (Lipinski definition) is 4. The van der Waals surface area contributed by atoms with Gasteiger partial charge in [-0.25, -0.2) is 0 Å². The summed E-state index contributed by atoms with van der Waals surface area (Å²) in [6.45, 7) is 2.99. The highest BCUT2D eigenvalue weighted by atomic mass is 16.5. The highest BCUT2D eigenvalue weighted by molar-refractivity contribution is 6.06. The molecule has 1 aromatic heterocycles. The van der Waals surface area contributed by atoms with Crippen LogP contribution >= 0.6 is 0 Å². The number of methoxy groups -OCH3 is 1. The molecule has 2 heterocycles. The minimum Gasteiger partial charge on any atom is -0.497 e. The Morgan fingerprint density at radius 2 is 1.81 bits per heavy atom. The molecule has 0 saturated carbocycles. The third kappa shape index (κ3) is 3.08. The molecule has 132 valence electrons. The Kier molecular flexibility index (Phi) is 4.44. The van der Waals surface area contributed by atoms with Crippen molar-refractivity contribution in [1.82, 2.24) is 9.88 Å². The summed E-state index contributed by atoms with van der Waals surface area (Å²) in [6, 6.07) is 15.9. The number of carbonyl (C=O) groups is 1. The molecule has 3 aromatic rings. The first-order chi connectivity index (χ1) is 12.8. The average molecular weight is 347 g/mol. The number of nitrogens with zero attached hydrogens (tertiary/aromatic N) is 3. The van der Waals surface area contributed by atoms with Crippen LogP contribution in [0.1, 0.15) is 10.4 Å². The van der Waals surface area contributed by atoms with Crippen LogP contribution in [-0.4, -0.2) is 49.1 Å². The van der Waals surface area contributed by atoms with Crippen LogP contribution in [0.15, 0.2) is 60.9 Å². The van der Waals surface area contributed by atoms with Gasteiger partial charge in [0.2, 0.25) is 0 Å². The molecule has 1 aliphatic heterocycles. The van der Waals surface area contributed by atoms with E-state index in [-0.39, 0.29) is 5.91 Å². The second kappa shape index (κ2) is 7.04. The molecule has 26 heavy (non-hydrogen) atoms. The van der Waals surface area contributed by atoms with Gasteiger partial charge in [-0.05, 0) is 17.5 Å². The molecule has 0 radical (unpaired) electrons. The number of rotatable bonds is 3. The van der Waals surface area contributed by atoms with Crippen molar-refractivity contribution in [2.45, 2.75) is 0 Å². The van der Waals surface area contributed by atoms with E-state index < -0.39 is 0 Å². The van der Waals surface area contributed by atoms with Gasteiger partial charge in [0.15, 0.2) is 0 Å². The van der Waals surface area contributed by atoms with E-state index in [0.29, 0.717) is 18.7 Å². The van der Waals surface area contributed by atoms with Crippen LogP contribution in [0, 0.1) is 0 Å². The van der Waals surface area contributed by atoms with E-state index >= 15 is 0 Å². The molecule has 4 rings (SSSR count). The number of hydrogen-bond donors (Lipinski definition) is 0. The fraction of sp³-hybridized carbons (Fsp3) is 0.238. The lowest BCUT2D eigenvalue weighted by molar-refractivity contribution is 0.0748. The van der Waals surface area contributed by atoms with Gasteiger partial charge in [-0.15, -0.1) is 0 Å². The molecule has 1 aliphatic rings. The van der Waals surface area contributed by atoms with E-state index in [1.807, 2.05) is 47.4 Å². The van der Waals surface area contributed by atoms with E-state index in [0.717, 1.165) is 35.3 Å². The maximum absolute atomic E-state index is 13.0. The summed E-state index contributed by atoms with van der Waals surface area (Å²) in [5.41, 5.74) is 1.81. The van der Waals surface area contributed by atoms with Gasteiger partial charge in [0.25, 0.3) is 5.91 Å². The predicted octanol–water partition coefficient (Wildman–Crippen LogP) is 3.21. The molecular formula is C21H21N3O2. The molecule has 0 aliphatic carbocycles. The zero-order valence-electron chi connectivity index (χ0n) is 14.8. The molecule has 0 spiro atoms. The summed E-state index contributed by atoms with van der Waals surface area (Å²) in [4.78, 5) is 21.4. The number of aromatic nitrogens is 1. The highest BCUT2D eigenvalue weighted by Gasteiger charge is 2.23. The number of ether oxygens (including phenoxy) is 1. The number of amides is 1. The molecule has 0 unspecified atom stereocenters. The SMILES string of the molecule is COc1cccc(N2CCN(C(=O)c3cncc4ccccc34)CC2)c1. The van der Waals surface area contributed by atoms with Crippen molar-refractivity contribution in [2.24, 2.45) is 0 Å². The Balaban J connectivity index is 1.50. The normalized spacial score (nSPS) is 14.5. The largest absolute Gasteiger partial charge is 0.497 e. The second-order valence-electron chi connectivity index (χ2n) is 6.39. The molecule has 1 fully saturated rings. The lowest BCUT2D eigenvalue weighted by Crippen LogP contribution is -2.48. The standard InChI is InChI=1S/C21H21N3O2/c1-26-18-7-4-6-17(13-18)23-9-11-24(12-10-23)21(25)20-15-22-14-16-5-2-3-8-19(16)20/h2-8,13-15H,9-12H2,1H3. The first-order valence-corrected chi connectivity index (χ1v) is 8.77. The zero-order valence-corrected chi connectivity index (χ0v) is 14.8. The van der Waals surface area contributed by atoms with Crippen molar-refractivity contribution in [3.8, 4) is 5.75 Å². The van der Waals surface area contributed by atoms with Crippen molar-refractivity contribution in [3.63, 3.8) is 0 Å².